The highest BCUT2D eigenvalue weighted by molar-refractivity contribution is 9.11. The number of nitrogens with zero attached hydrogens (tertiary/aromatic N) is 1. The molecular weight excluding hydrogens is 544 g/mol. The van der Waals surface area contributed by atoms with Crippen LogP contribution in [-0.4, -0.2) is 35.8 Å². The van der Waals surface area contributed by atoms with Gasteiger partial charge in [-0.25, -0.2) is 0 Å². The number of allylic oxidation sites excluding steroid dienone is 1. The third kappa shape index (κ3) is 6.98. The lowest BCUT2D eigenvalue weighted by Gasteiger charge is -2.16. The number of nitrogens with one attached hydrogen (secondary N) is 2. The quantitative estimate of drug-likeness (QED) is 0.160. The van der Waals surface area contributed by atoms with E-state index in [2.05, 4.69) is 99.6 Å². The fourth-order valence-corrected chi connectivity index (χ4v) is 6.12. The molecule has 4 rings (SSSR count). The van der Waals surface area contributed by atoms with E-state index in [1.807, 2.05) is 18.2 Å². The maximum Gasteiger partial charge on any atom is 0.220 e. The average molecular weight is 581 g/mol. The first kappa shape index (κ1) is 27.3. The molecule has 0 spiro atoms. The van der Waals surface area contributed by atoms with Crippen molar-refractivity contribution < 1.29 is 9.37 Å². The lowest BCUT2D eigenvalue weighted by Crippen LogP contribution is -2.28. The number of amides is 1. The van der Waals surface area contributed by atoms with Gasteiger partial charge in [0.25, 0.3) is 0 Å². The van der Waals surface area contributed by atoms with E-state index in [9.17, 15) is 4.79 Å². The molecule has 0 saturated carbocycles. The Labute approximate surface area is 232 Å². The summed E-state index contributed by atoms with van der Waals surface area (Å²) in [5, 5.41) is 6.41. The van der Waals surface area contributed by atoms with Crippen LogP contribution in [-0.2, 0) is 10.2 Å². The SMILES string of the molecule is CC1(C)C(/C=C/c2ccc(Br)s2)=[N+](CCCCCC(=O)NCCN)c2ccc(Nc3ccccc3)cc21. The maximum absolute atomic E-state index is 11.9. The number of carbonyl (C=O) groups excluding carboxylic acids is 1. The van der Waals surface area contributed by atoms with E-state index in [0.29, 0.717) is 19.5 Å². The third-order valence-electron chi connectivity index (χ3n) is 6.71. The van der Waals surface area contributed by atoms with Gasteiger partial charge < -0.3 is 16.4 Å². The van der Waals surface area contributed by atoms with E-state index in [4.69, 9.17) is 5.73 Å². The van der Waals surface area contributed by atoms with Crippen LogP contribution in [0, 0.1) is 0 Å². The number of rotatable bonds is 12. The van der Waals surface area contributed by atoms with Crippen molar-refractivity contribution in [2.24, 2.45) is 5.73 Å². The summed E-state index contributed by atoms with van der Waals surface area (Å²) >= 11 is 5.31. The first-order chi connectivity index (χ1) is 17.9. The Morgan fingerprint density at radius 2 is 1.84 bits per heavy atom. The molecule has 1 amide bonds. The smallest absolute Gasteiger partial charge is 0.220 e. The zero-order chi connectivity index (χ0) is 26.3. The van der Waals surface area contributed by atoms with E-state index in [1.54, 1.807) is 11.3 Å². The van der Waals surface area contributed by atoms with Crippen LogP contribution in [0.3, 0.4) is 0 Å². The minimum Gasteiger partial charge on any atom is -0.356 e. The fraction of sp³-hybridized carbons (Fsp3) is 0.333. The highest BCUT2D eigenvalue weighted by atomic mass is 79.9. The van der Waals surface area contributed by atoms with Crippen molar-refractivity contribution in [1.29, 1.82) is 0 Å². The van der Waals surface area contributed by atoms with Gasteiger partial charge in [-0.15, -0.1) is 11.3 Å². The second-order valence-corrected chi connectivity index (χ2v) is 12.3. The molecule has 7 heteroatoms. The molecule has 194 valence electrons. The number of anilines is 2. The minimum atomic E-state index is -0.142. The molecule has 0 unspecified atom stereocenters. The first-order valence-corrected chi connectivity index (χ1v) is 14.5. The van der Waals surface area contributed by atoms with Crippen LogP contribution in [0.5, 0.6) is 0 Å². The van der Waals surface area contributed by atoms with Gasteiger partial charge in [-0.1, -0.05) is 18.2 Å². The summed E-state index contributed by atoms with van der Waals surface area (Å²) in [5.74, 6) is 0.0915. The molecule has 0 radical (unpaired) electrons. The van der Waals surface area contributed by atoms with E-state index >= 15 is 0 Å². The standard InChI is InChI=1S/C30H35BrN4OS/c1-30(2)25-21-23(34-22-9-5-3-6-10-22)12-15-26(25)35(20-8-4-7-11-29(36)33-19-18-32)27(30)16-13-24-14-17-28(31)37-24/h3,5-6,9-10,12-17,21,34H,4,7-8,11,18-20,32H2,1-2H3/p+1/b16-13+. The second-order valence-electron chi connectivity index (χ2n) is 9.81. The van der Waals surface area contributed by atoms with E-state index in [-0.39, 0.29) is 11.3 Å². The molecule has 1 aliphatic heterocycles. The van der Waals surface area contributed by atoms with Crippen molar-refractivity contribution in [2.75, 3.05) is 25.0 Å². The van der Waals surface area contributed by atoms with Gasteiger partial charge in [0.1, 0.15) is 6.54 Å². The zero-order valence-corrected chi connectivity index (χ0v) is 24.0. The zero-order valence-electron chi connectivity index (χ0n) is 21.6. The normalized spacial score (nSPS) is 14.3. The Balaban J connectivity index is 1.54. The van der Waals surface area contributed by atoms with Crippen molar-refractivity contribution in [3.63, 3.8) is 0 Å². The Hall–Kier alpha value is -2.74. The van der Waals surface area contributed by atoms with Gasteiger partial charge in [0, 0.05) is 59.9 Å². The van der Waals surface area contributed by atoms with Crippen molar-refractivity contribution in [3.8, 4) is 0 Å². The molecule has 0 atom stereocenters. The van der Waals surface area contributed by atoms with Crippen LogP contribution >= 0.6 is 27.3 Å². The Kier molecular flexibility index (Phi) is 9.35. The van der Waals surface area contributed by atoms with Gasteiger partial charge >= 0.3 is 0 Å². The molecule has 4 N–H and O–H groups in total. The predicted octanol–water partition coefficient (Wildman–Crippen LogP) is 6.98. The van der Waals surface area contributed by atoms with Gasteiger partial charge in [0.2, 0.25) is 11.6 Å². The highest BCUT2D eigenvalue weighted by Crippen LogP contribution is 2.42. The molecular formula is C30H36BrN4OS+. The van der Waals surface area contributed by atoms with Crippen LogP contribution in [0.15, 0.2) is 70.5 Å². The fourth-order valence-electron chi connectivity index (χ4n) is 4.79. The maximum atomic E-state index is 11.9. The number of hydrogen-bond acceptors (Lipinski definition) is 4. The summed E-state index contributed by atoms with van der Waals surface area (Å²) in [7, 11) is 0. The van der Waals surface area contributed by atoms with Crippen LogP contribution in [0.4, 0.5) is 17.1 Å². The largest absolute Gasteiger partial charge is 0.356 e. The van der Waals surface area contributed by atoms with Gasteiger partial charge in [0.05, 0.1) is 9.20 Å². The molecule has 0 aliphatic carbocycles. The molecule has 0 saturated heterocycles. The van der Waals surface area contributed by atoms with Gasteiger partial charge in [-0.2, -0.15) is 4.58 Å². The predicted molar refractivity (Wildman–Crippen MR) is 161 cm³/mol. The summed E-state index contributed by atoms with van der Waals surface area (Å²) < 4.78 is 3.60. The molecule has 2 aromatic carbocycles. The topological polar surface area (TPSA) is 70.2 Å². The van der Waals surface area contributed by atoms with Crippen molar-refractivity contribution in [3.05, 3.63) is 81.0 Å². The second kappa shape index (κ2) is 12.7. The molecule has 1 aliphatic rings. The first-order valence-electron chi connectivity index (χ1n) is 12.9. The van der Waals surface area contributed by atoms with Gasteiger partial charge in [-0.05, 0) is 85.1 Å². The highest BCUT2D eigenvalue weighted by Gasteiger charge is 2.44. The minimum absolute atomic E-state index is 0.0915. The van der Waals surface area contributed by atoms with Crippen molar-refractivity contribution >= 4 is 62.0 Å². The van der Waals surface area contributed by atoms with Crippen molar-refractivity contribution in [1.82, 2.24) is 5.32 Å². The molecule has 0 bridgehead atoms. The van der Waals surface area contributed by atoms with E-state index in [1.165, 1.54) is 21.8 Å². The van der Waals surface area contributed by atoms with Gasteiger partial charge in [0.15, 0.2) is 5.71 Å². The third-order valence-corrected chi connectivity index (χ3v) is 8.29. The Bertz CT molecular complexity index is 1280. The number of hydrogen-bond donors (Lipinski definition) is 3. The van der Waals surface area contributed by atoms with Crippen LogP contribution in [0.25, 0.3) is 6.08 Å². The number of halogens is 1. The number of nitrogens with two attached hydrogens (primary N) is 1. The lowest BCUT2D eigenvalue weighted by atomic mass is 9.81. The summed E-state index contributed by atoms with van der Waals surface area (Å²) in [4.78, 5) is 13.1. The number of thiophene rings is 1. The van der Waals surface area contributed by atoms with Crippen molar-refractivity contribution in [2.45, 2.75) is 44.9 Å². The van der Waals surface area contributed by atoms with Crippen LogP contribution in [0.1, 0.15) is 50.0 Å². The molecule has 2 heterocycles. The summed E-state index contributed by atoms with van der Waals surface area (Å²) in [6.07, 6.45) is 7.96. The van der Waals surface area contributed by atoms with E-state index < -0.39 is 0 Å². The summed E-state index contributed by atoms with van der Waals surface area (Å²) in [6, 6.07) is 21.2. The Morgan fingerprint density at radius 3 is 2.57 bits per heavy atom. The van der Waals surface area contributed by atoms with Crippen LogP contribution < -0.4 is 16.4 Å². The molecule has 5 nitrogen and oxygen atoms in total. The summed E-state index contributed by atoms with van der Waals surface area (Å²) in [5.41, 5.74) is 11.4. The monoisotopic (exact) mass is 579 g/mol. The summed E-state index contributed by atoms with van der Waals surface area (Å²) in [6.45, 7) is 6.56. The number of fused-ring (bicyclic) bond motifs is 1. The lowest BCUT2D eigenvalue weighted by molar-refractivity contribution is -0.438. The number of unbranched alkanes of at least 4 members (excludes halogenated alkanes) is 2. The van der Waals surface area contributed by atoms with Gasteiger partial charge in [-0.3, -0.25) is 4.79 Å². The Morgan fingerprint density at radius 1 is 1.03 bits per heavy atom. The molecule has 0 fully saturated rings. The average Bonchev–Trinajstić information content (AvgIpc) is 3.39. The molecule has 3 aromatic rings. The molecule has 37 heavy (non-hydrogen) atoms. The number of benzene rings is 2. The van der Waals surface area contributed by atoms with E-state index in [0.717, 1.165) is 41.0 Å². The molecule has 1 aromatic heterocycles. The number of para-hydroxylation sites is 1. The number of carbonyl (C=O) groups is 1. The van der Waals surface area contributed by atoms with Crippen LogP contribution in [0.2, 0.25) is 0 Å².